The first-order chi connectivity index (χ1) is 9.74. The average molecular weight is 292 g/mol. The molecule has 3 rings (SSSR count). The predicted octanol–water partition coefficient (Wildman–Crippen LogP) is 1.80. The molecule has 1 fully saturated rings. The van der Waals surface area contributed by atoms with E-state index in [1.54, 1.807) is 24.9 Å². The van der Waals surface area contributed by atoms with E-state index < -0.39 is 0 Å². The highest BCUT2D eigenvalue weighted by molar-refractivity contribution is 6.30. The van der Waals surface area contributed by atoms with Crippen LogP contribution in [0.5, 0.6) is 0 Å². The Labute approximate surface area is 121 Å². The predicted molar refractivity (Wildman–Crippen MR) is 73.4 cm³/mol. The molecule has 0 aromatic carbocycles. The number of piperidine rings is 1. The Hall–Kier alpha value is -1.95. The number of hydrogen-bond donors (Lipinski definition) is 0. The Balaban J connectivity index is 1.65. The molecule has 0 bridgehead atoms. The second-order valence-electron chi connectivity index (χ2n) is 4.82. The van der Waals surface area contributed by atoms with Crippen molar-refractivity contribution in [2.45, 2.75) is 18.9 Å². The lowest BCUT2D eigenvalue weighted by molar-refractivity contribution is 0.0694. The molecule has 1 amide bonds. The number of rotatable bonds is 2. The topological polar surface area (TPSA) is 63.9 Å². The van der Waals surface area contributed by atoms with Gasteiger partial charge in [-0.1, -0.05) is 11.6 Å². The lowest BCUT2D eigenvalue weighted by Crippen LogP contribution is -2.39. The number of halogens is 1. The molecule has 0 saturated carbocycles. The Morgan fingerprint density at radius 3 is 2.55 bits per heavy atom. The second kappa shape index (κ2) is 5.58. The number of aromatic nitrogens is 4. The van der Waals surface area contributed by atoms with Crippen molar-refractivity contribution in [2.75, 3.05) is 13.1 Å². The van der Waals surface area contributed by atoms with Crippen molar-refractivity contribution in [2.24, 2.45) is 0 Å². The van der Waals surface area contributed by atoms with Crippen LogP contribution in [0.25, 0.3) is 0 Å². The highest BCUT2D eigenvalue weighted by Gasteiger charge is 2.24. The number of amides is 1. The summed E-state index contributed by atoms with van der Waals surface area (Å²) in [6, 6.07) is 2.02. The lowest BCUT2D eigenvalue weighted by Gasteiger charge is -2.32. The molecule has 1 aliphatic rings. The molecule has 0 N–H and O–H groups in total. The SMILES string of the molecule is O=C(c1cncc(Cl)c1)N1CCC(n2cnnc2)CC1. The normalized spacial score (nSPS) is 16.4. The van der Waals surface area contributed by atoms with Gasteiger partial charge >= 0.3 is 0 Å². The molecule has 6 nitrogen and oxygen atoms in total. The first-order valence-corrected chi connectivity index (χ1v) is 6.86. The summed E-state index contributed by atoms with van der Waals surface area (Å²) in [7, 11) is 0. The fraction of sp³-hybridized carbons (Fsp3) is 0.385. The van der Waals surface area contributed by atoms with Gasteiger partial charge in [0.1, 0.15) is 12.7 Å². The average Bonchev–Trinajstić information content (AvgIpc) is 3.01. The fourth-order valence-corrected chi connectivity index (χ4v) is 2.65. The minimum absolute atomic E-state index is 0.0118. The molecule has 2 aromatic rings. The van der Waals surface area contributed by atoms with Crippen LogP contribution in [-0.4, -0.2) is 43.6 Å². The quantitative estimate of drug-likeness (QED) is 0.846. The minimum atomic E-state index is -0.0118. The highest BCUT2D eigenvalue weighted by Crippen LogP contribution is 2.23. The molecule has 1 aliphatic heterocycles. The third kappa shape index (κ3) is 2.65. The van der Waals surface area contributed by atoms with E-state index in [1.165, 1.54) is 6.20 Å². The van der Waals surface area contributed by atoms with E-state index in [0.717, 1.165) is 12.8 Å². The number of carbonyl (C=O) groups excluding carboxylic acids is 1. The van der Waals surface area contributed by atoms with Crippen molar-refractivity contribution >= 4 is 17.5 Å². The van der Waals surface area contributed by atoms with Gasteiger partial charge in [-0.15, -0.1) is 10.2 Å². The zero-order valence-corrected chi connectivity index (χ0v) is 11.6. The standard InChI is InChI=1S/C13H14ClN5O/c14-11-5-10(6-15-7-11)13(20)18-3-1-12(2-4-18)19-8-16-17-9-19/h5-9,12H,1-4H2. The van der Waals surface area contributed by atoms with Gasteiger partial charge in [-0.3, -0.25) is 9.78 Å². The second-order valence-corrected chi connectivity index (χ2v) is 5.26. The van der Waals surface area contributed by atoms with Gasteiger partial charge in [0.25, 0.3) is 5.91 Å². The smallest absolute Gasteiger partial charge is 0.255 e. The van der Waals surface area contributed by atoms with E-state index in [9.17, 15) is 4.79 Å². The van der Waals surface area contributed by atoms with Crippen molar-refractivity contribution in [3.05, 3.63) is 41.7 Å². The van der Waals surface area contributed by atoms with Crippen LogP contribution in [0.15, 0.2) is 31.1 Å². The minimum Gasteiger partial charge on any atom is -0.338 e. The van der Waals surface area contributed by atoms with Crippen LogP contribution in [0, 0.1) is 0 Å². The molecule has 0 aliphatic carbocycles. The Morgan fingerprint density at radius 1 is 1.20 bits per heavy atom. The zero-order valence-electron chi connectivity index (χ0n) is 10.8. The molecule has 0 spiro atoms. The fourth-order valence-electron chi connectivity index (χ4n) is 2.48. The molecule has 7 heteroatoms. The van der Waals surface area contributed by atoms with Gasteiger partial charge < -0.3 is 9.47 Å². The van der Waals surface area contributed by atoms with E-state index in [0.29, 0.717) is 29.7 Å². The number of nitrogens with zero attached hydrogens (tertiary/aromatic N) is 5. The van der Waals surface area contributed by atoms with Crippen LogP contribution in [0.2, 0.25) is 5.02 Å². The van der Waals surface area contributed by atoms with Gasteiger partial charge in [-0.2, -0.15) is 0 Å². The van der Waals surface area contributed by atoms with Crippen molar-refractivity contribution in [3.8, 4) is 0 Å². The molecule has 2 aromatic heterocycles. The van der Waals surface area contributed by atoms with Crippen molar-refractivity contribution in [1.82, 2.24) is 24.6 Å². The van der Waals surface area contributed by atoms with Crippen molar-refractivity contribution < 1.29 is 4.79 Å². The van der Waals surface area contributed by atoms with Crippen LogP contribution in [0.3, 0.4) is 0 Å². The highest BCUT2D eigenvalue weighted by atomic mass is 35.5. The Bertz CT molecular complexity index is 593. The summed E-state index contributed by atoms with van der Waals surface area (Å²) in [6.45, 7) is 1.43. The van der Waals surface area contributed by atoms with E-state index in [2.05, 4.69) is 15.2 Å². The molecular formula is C13H14ClN5O. The molecule has 104 valence electrons. The van der Waals surface area contributed by atoms with Gasteiger partial charge in [-0.25, -0.2) is 0 Å². The summed E-state index contributed by atoms with van der Waals surface area (Å²) < 4.78 is 2.00. The van der Waals surface area contributed by atoms with E-state index in [1.807, 2.05) is 9.47 Å². The number of carbonyl (C=O) groups is 1. The zero-order chi connectivity index (χ0) is 13.9. The lowest BCUT2D eigenvalue weighted by atomic mass is 10.0. The maximum atomic E-state index is 12.3. The third-order valence-corrected chi connectivity index (χ3v) is 3.77. The number of hydrogen-bond acceptors (Lipinski definition) is 4. The monoisotopic (exact) mass is 291 g/mol. The maximum absolute atomic E-state index is 12.3. The van der Waals surface area contributed by atoms with Crippen LogP contribution in [0.1, 0.15) is 29.2 Å². The Kier molecular flexibility index (Phi) is 3.64. The van der Waals surface area contributed by atoms with Crippen LogP contribution >= 0.6 is 11.6 Å². The van der Waals surface area contributed by atoms with Gasteiger partial charge in [-0.05, 0) is 18.9 Å². The first kappa shape index (κ1) is 13.1. The van der Waals surface area contributed by atoms with Crippen molar-refractivity contribution in [3.63, 3.8) is 0 Å². The van der Waals surface area contributed by atoms with E-state index in [-0.39, 0.29) is 5.91 Å². The molecule has 1 saturated heterocycles. The van der Waals surface area contributed by atoms with Crippen LogP contribution in [-0.2, 0) is 0 Å². The van der Waals surface area contributed by atoms with Gasteiger partial charge in [0.15, 0.2) is 0 Å². The summed E-state index contributed by atoms with van der Waals surface area (Å²) in [5.74, 6) is -0.0118. The van der Waals surface area contributed by atoms with Gasteiger partial charge in [0.2, 0.25) is 0 Å². The number of likely N-dealkylation sites (tertiary alicyclic amines) is 1. The van der Waals surface area contributed by atoms with Gasteiger partial charge in [0.05, 0.1) is 10.6 Å². The molecular weight excluding hydrogens is 278 g/mol. The van der Waals surface area contributed by atoms with Gasteiger partial charge in [0, 0.05) is 31.5 Å². The molecule has 20 heavy (non-hydrogen) atoms. The molecule has 0 unspecified atom stereocenters. The first-order valence-electron chi connectivity index (χ1n) is 6.48. The van der Waals surface area contributed by atoms with Crippen LogP contribution < -0.4 is 0 Å². The van der Waals surface area contributed by atoms with Crippen molar-refractivity contribution in [1.29, 1.82) is 0 Å². The molecule has 0 radical (unpaired) electrons. The van der Waals surface area contributed by atoms with Crippen LogP contribution in [0.4, 0.5) is 0 Å². The third-order valence-electron chi connectivity index (χ3n) is 3.56. The van der Waals surface area contributed by atoms with E-state index in [4.69, 9.17) is 11.6 Å². The summed E-state index contributed by atoms with van der Waals surface area (Å²) >= 11 is 5.87. The number of pyridine rings is 1. The Morgan fingerprint density at radius 2 is 1.90 bits per heavy atom. The maximum Gasteiger partial charge on any atom is 0.255 e. The van der Waals surface area contributed by atoms with E-state index >= 15 is 0 Å². The summed E-state index contributed by atoms with van der Waals surface area (Å²) in [6.07, 6.45) is 8.33. The molecule has 3 heterocycles. The summed E-state index contributed by atoms with van der Waals surface area (Å²) in [4.78, 5) is 18.1. The largest absolute Gasteiger partial charge is 0.338 e. The summed E-state index contributed by atoms with van der Waals surface area (Å²) in [5, 5.41) is 8.12. The molecule has 0 atom stereocenters. The summed E-state index contributed by atoms with van der Waals surface area (Å²) in [5.41, 5.74) is 0.542.